The zero-order valence-corrected chi connectivity index (χ0v) is 12.7. The molecule has 1 fully saturated rings. The van der Waals surface area contributed by atoms with Gasteiger partial charge in [-0.05, 0) is 25.1 Å². The van der Waals surface area contributed by atoms with Crippen LogP contribution in [0.15, 0.2) is 36.4 Å². The minimum Gasteiger partial charge on any atom is -0.480 e. The summed E-state index contributed by atoms with van der Waals surface area (Å²) in [7, 11) is 0. The van der Waals surface area contributed by atoms with Gasteiger partial charge in [-0.1, -0.05) is 18.2 Å². The number of carboxylic acid groups (broad SMARTS) is 1. The third-order valence-electron chi connectivity index (χ3n) is 3.78. The molecule has 1 N–H and O–H groups in total. The number of hydrogen-bond acceptors (Lipinski definition) is 4. The first-order valence-corrected chi connectivity index (χ1v) is 7.31. The molecule has 1 saturated heterocycles. The number of morpholine rings is 1. The van der Waals surface area contributed by atoms with Crippen LogP contribution < -0.4 is 0 Å². The van der Waals surface area contributed by atoms with Crippen molar-refractivity contribution in [3.63, 3.8) is 0 Å². The minimum atomic E-state index is -1.07. The van der Waals surface area contributed by atoms with E-state index in [-0.39, 0.29) is 18.8 Å². The molecule has 0 unspecified atom stereocenters. The van der Waals surface area contributed by atoms with Crippen LogP contribution >= 0.6 is 0 Å². The Labute approximate surface area is 133 Å². The minimum absolute atomic E-state index is 0.000546. The highest BCUT2D eigenvalue weighted by atomic mass is 16.5. The number of aryl methyl sites for hydroxylation is 1. The van der Waals surface area contributed by atoms with E-state index >= 15 is 0 Å². The monoisotopic (exact) mass is 315 g/mol. The van der Waals surface area contributed by atoms with Crippen LogP contribution in [0.4, 0.5) is 0 Å². The SMILES string of the molecule is Cc1cc(C(=O)N2CCOC[C@@H]2C(=O)O)nn1-c1ccccc1. The largest absolute Gasteiger partial charge is 0.480 e. The first-order valence-electron chi connectivity index (χ1n) is 7.31. The number of carbonyl (C=O) groups excluding carboxylic acids is 1. The summed E-state index contributed by atoms with van der Waals surface area (Å²) in [5.41, 5.74) is 1.89. The summed E-state index contributed by atoms with van der Waals surface area (Å²) in [6.07, 6.45) is 0. The molecule has 2 heterocycles. The van der Waals surface area contributed by atoms with Crippen molar-refractivity contribution in [2.24, 2.45) is 0 Å². The van der Waals surface area contributed by atoms with Crippen LogP contribution in [0.2, 0.25) is 0 Å². The lowest BCUT2D eigenvalue weighted by atomic mass is 10.2. The van der Waals surface area contributed by atoms with Gasteiger partial charge in [0.15, 0.2) is 11.7 Å². The van der Waals surface area contributed by atoms with Crippen molar-refractivity contribution < 1.29 is 19.4 Å². The molecule has 0 spiro atoms. The van der Waals surface area contributed by atoms with Gasteiger partial charge in [-0.25, -0.2) is 9.48 Å². The molecule has 23 heavy (non-hydrogen) atoms. The second-order valence-corrected chi connectivity index (χ2v) is 5.35. The summed E-state index contributed by atoms with van der Waals surface area (Å²) in [5, 5.41) is 13.6. The summed E-state index contributed by atoms with van der Waals surface area (Å²) in [5.74, 6) is -1.46. The van der Waals surface area contributed by atoms with Gasteiger partial charge in [-0.15, -0.1) is 0 Å². The van der Waals surface area contributed by atoms with E-state index in [0.29, 0.717) is 6.61 Å². The molecular weight excluding hydrogens is 298 g/mol. The molecule has 3 rings (SSSR count). The maximum absolute atomic E-state index is 12.6. The number of carboxylic acids is 1. The van der Waals surface area contributed by atoms with E-state index in [1.54, 1.807) is 10.7 Å². The van der Waals surface area contributed by atoms with Gasteiger partial charge in [-0.2, -0.15) is 5.10 Å². The molecule has 1 aromatic heterocycles. The summed E-state index contributed by atoms with van der Waals surface area (Å²) >= 11 is 0. The first kappa shape index (κ1) is 15.2. The van der Waals surface area contributed by atoms with Crippen molar-refractivity contribution in [1.29, 1.82) is 0 Å². The zero-order chi connectivity index (χ0) is 16.4. The number of para-hydroxylation sites is 1. The molecule has 7 nitrogen and oxygen atoms in total. The number of aromatic nitrogens is 2. The molecular formula is C16H17N3O4. The van der Waals surface area contributed by atoms with Crippen LogP contribution in [0.3, 0.4) is 0 Å². The van der Waals surface area contributed by atoms with E-state index in [9.17, 15) is 14.7 Å². The molecule has 1 aromatic carbocycles. The Morgan fingerprint density at radius 3 is 2.74 bits per heavy atom. The van der Waals surface area contributed by atoms with E-state index < -0.39 is 17.9 Å². The van der Waals surface area contributed by atoms with Crippen molar-refractivity contribution in [3.05, 3.63) is 47.8 Å². The number of hydrogen-bond donors (Lipinski definition) is 1. The van der Waals surface area contributed by atoms with Crippen molar-refractivity contribution in [2.45, 2.75) is 13.0 Å². The van der Waals surface area contributed by atoms with Gasteiger partial charge < -0.3 is 14.7 Å². The zero-order valence-electron chi connectivity index (χ0n) is 12.7. The summed E-state index contributed by atoms with van der Waals surface area (Å²) in [4.78, 5) is 25.2. The molecule has 0 bridgehead atoms. The van der Waals surface area contributed by atoms with E-state index in [1.165, 1.54) is 4.90 Å². The number of benzene rings is 1. The van der Waals surface area contributed by atoms with Crippen LogP contribution in [0.1, 0.15) is 16.2 Å². The molecule has 1 aliphatic rings. The van der Waals surface area contributed by atoms with Crippen molar-refractivity contribution >= 4 is 11.9 Å². The Bertz CT molecular complexity index is 726. The lowest BCUT2D eigenvalue weighted by Crippen LogP contribution is -2.52. The van der Waals surface area contributed by atoms with Gasteiger partial charge in [0.25, 0.3) is 5.91 Å². The Kier molecular flexibility index (Phi) is 4.12. The average Bonchev–Trinajstić information content (AvgIpc) is 2.97. The highest BCUT2D eigenvalue weighted by molar-refractivity contribution is 5.95. The van der Waals surface area contributed by atoms with E-state index in [0.717, 1.165) is 11.4 Å². The van der Waals surface area contributed by atoms with Gasteiger partial charge in [0.05, 0.1) is 18.9 Å². The molecule has 0 radical (unpaired) electrons. The Hall–Kier alpha value is -2.67. The fourth-order valence-corrected chi connectivity index (χ4v) is 2.61. The van der Waals surface area contributed by atoms with Crippen LogP contribution in [0.5, 0.6) is 0 Å². The van der Waals surface area contributed by atoms with E-state index in [2.05, 4.69) is 5.10 Å². The molecule has 0 aliphatic carbocycles. The number of nitrogens with zero attached hydrogens (tertiary/aromatic N) is 3. The predicted molar refractivity (Wildman–Crippen MR) is 81.6 cm³/mol. The predicted octanol–water partition coefficient (Wildman–Crippen LogP) is 1.11. The average molecular weight is 315 g/mol. The quantitative estimate of drug-likeness (QED) is 0.917. The summed E-state index contributed by atoms with van der Waals surface area (Å²) in [6.45, 7) is 2.42. The Morgan fingerprint density at radius 1 is 1.30 bits per heavy atom. The van der Waals surface area contributed by atoms with Gasteiger partial charge in [0, 0.05) is 12.2 Å². The smallest absolute Gasteiger partial charge is 0.328 e. The molecule has 1 amide bonds. The molecule has 1 atom stereocenters. The summed E-state index contributed by atoms with van der Waals surface area (Å²) in [6, 6.07) is 10.2. The normalized spacial score (nSPS) is 18.0. The lowest BCUT2D eigenvalue weighted by molar-refractivity contribution is -0.147. The molecule has 120 valence electrons. The second kappa shape index (κ2) is 6.21. The van der Waals surface area contributed by atoms with E-state index in [1.807, 2.05) is 37.3 Å². The van der Waals surface area contributed by atoms with Gasteiger partial charge in [0.2, 0.25) is 0 Å². The highest BCUT2D eigenvalue weighted by Crippen LogP contribution is 2.16. The third-order valence-corrected chi connectivity index (χ3v) is 3.78. The number of ether oxygens (including phenoxy) is 1. The van der Waals surface area contributed by atoms with E-state index in [4.69, 9.17) is 4.74 Å². The summed E-state index contributed by atoms with van der Waals surface area (Å²) < 4.78 is 6.83. The molecule has 0 saturated carbocycles. The number of amides is 1. The van der Waals surface area contributed by atoms with Crippen LogP contribution in [0.25, 0.3) is 5.69 Å². The molecule has 1 aliphatic heterocycles. The van der Waals surface area contributed by atoms with Crippen LogP contribution in [0, 0.1) is 6.92 Å². The van der Waals surface area contributed by atoms with Crippen molar-refractivity contribution in [1.82, 2.24) is 14.7 Å². The van der Waals surface area contributed by atoms with Crippen molar-refractivity contribution in [3.8, 4) is 5.69 Å². The fraction of sp³-hybridized carbons (Fsp3) is 0.312. The standard InChI is InChI=1S/C16H17N3O4/c1-11-9-13(17-19(11)12-5-3-2-4-6-12)15(20)18-7-8-23-10-14(18)16(21)22/h2-6,9,14H,7-8,10H2,1H3,(H,21,22)/t14-/m1/s1. The van der Waals surface area contributed by atoms with Gasteiger partial charge in [-0.3, -0.25) is 4.79 Å². The Morgan fingerprint density at radius 2 is 2.04 bits per heavy atom. The van der Waals surface area contributed by atoms with Crippen molar-refractivity contribution in [2.75, 3.05) is 19.8 Å². The maximum Gasteiger partial charge on any atom is 0.328 e. The first-order chi connectivity index (χ1) is 11.1. The second-order valence-electron chi connectivity index (χ2n) is 5.35. The number of rotatable bonds is 3. The number of aliphatic carboxylic acids is 1. The van der Waals surface area contributed by atoms with Crippen LogP contribution in [-0.2, 0) is 9.53 Å². The molecule has 7 heteroatoms. The molecule has 2 aromatic rings. The van der Waals surface area contributed by atoms with Gasteiger partial charge in [0.1, 0.15) is 0 Å². The number of carbonyl (C=O) groups is 2. The fourth-order valence-electron chi connectivity index (χ4n) is 2.61. The maximum atomic E-state index is 12.6. The van der Waals surface area contributed by atoms with Gasteiger partial charge >= 0.3 is 5.97 Å². The topological polar surface area (TPSA) is 84.7 Å². The Balaban J connectivity index is 1.90. The lowest BCUT2D eigenvalue weighted by Gasteiger charge is -2.32. The third kappa shape index (κ3) is 2.95. The van der Waals surface area contributed by atoms with Crippen LogP contribution in [-0.4, -0.2) is 57.5 Å². The highest BCUT2D eigenvalue weighted by Gasteiger charge is 2.34.